The number of halogens is 2. The number of aromatic nitrogens is 1. The number of thiazole rings is 1. The van der Waals surface area contributed by atoms with Gasteiger partial charge in [-0.3, -0.25) is 9.69 Å². The number of rotatable bonds is 6. The van der Waals surface area contributed by atoms with Crippen LogP contribution in [0.15, 0.2) is 24.3 Å². The van der Waals surface area contributed by atoms with Crippen LogP contribution in [0.4, 0.5) is 5.13 Å². The normalized spacial score (nSPS) is 16.6. The largest absolute Gasteiger partial charge is 0.494 e. The summed E-state index contributed by atoms with van der Waals surface area (Å²) in [6.45, 7) is 3.69. The predicted molar refractivity (Wildman–Crippen MR) is 116 cm³/mol. The van der Waals surface area contributed by atoms with Crippen LogP contribution < -0.4 is 9.64 Å². The maximum Gasteiger partial charge on any atom is 0.262 e. The number of ether oxygens (including phenoxy) is 2. The Bertz CT molecular complexity index is 998. The smallest absolute Gasteiger partial charge is 0.262 e. The second-order valence-electron chi connectivity index (χ2n) is 6.35. The van der Waals surface area contributed by atoms with Gasteiger partial charge in [0, 0.05) is 6.61 Å². The molecular formula is C19H18Cl2N2O3S2. The number of carbonyl (C=O) groups is 1. The zero-order valence-corrected chi connectivity index (χ0v) is 18.3. The fraction of sp³-hybridized carbons (Fsp3) is 0.368. The number of anilines is 1. The van der Waals surface area contributed by atoms with E-state index in [-0.39, 0.29) is 12.0 Å². The molecule has 1 aliphatic rings. The van der Waals surface area contributed by atoms with Crippen LogP contribution in [-0.4, -0.2) is 36.8 Å². The maximum absolute atomic E-state index is 13.3. The molecule has 1 fully saturated rings. The Morgan fingerprint density at radius 3 is 2.89 bits per heavy atom. The Morgan fingerprint density at radius 2 is 2.21 bits per heavy atom. The zero-order chi connectivity index (χ0) is 19.7. The topological polar surface area (TPSA) is 51.7 Å². The van der Waals surface area contributed by atoms with Gasteiger partial charge in [0.1, 0.15) is 10.1 Å². The molecule has 5 nitrogen and oxygen atoms in total. The first-order valence-corrected chi connectivity index (χ1v) is 11.4. The van der Waals surface area contributed by atoms with Gasteiger partial charge in [-0.25, -0.2) is 4.98 Å². The molecule has 1 saturated heterocycles. The van der Waals surface area contributed by atoms with Crippen molar-refractivity contribution in [3.05, 3.63) is 38.5 Å². The highest BCUT2D eigenvalue weighted by Crippen LogP contribution is 2.36. The number of amides is 1. The van der Waals surface area contributed by atoms with Crippen molar-refractivity contribution in [3.63, 3.8) is 0 Å². The van der Waals surface area contributed by atoms with Gasteiger partial charge in [0.05, 0.1) is 39.4 Å². The lowest BCUT2D eigenvalue weighted by atomic mass is 10.2. The van der Waals surface area contributed by atoms with Crippen LogP contribution in [-0.2, 0) is 4.74 Å². The molecule has 0 saturated carbocycles. The predicted octanol–water partition coefficient (Wildman–Crippen LogP) is 5.89. The number of fused-ring (bicyclic) bond motifs is 1. The van der Waals surface area contributed by atoms with E-state index in [1.165, 1.54) is 22.7 Å². The number of hydrogen-bond acceptors (Lipinski definition) is 6. The molecule has 148 valence electrons. The summed E-state index contributed by atoms with van der Waals surface area (Å²) in [5.74, 6) is 0.572. The van der Waals surface area contributed by atoms with Crippen LogP contribution in [0.5, 0.6) is 5.75 Å². The minimum Gasteiger partial charge on any atom is -0.494 e. The highest BCUT2D eigenvalue weighted by atomic mass is 35.5. The third-order valence-corrected chi connectivity index (χ3v) is 6.96. The summed E-state index contributed by atoms with van der Waals surface area (Å²) in [7, 11) is 0. The molecule has 0 aliphatic carbocycles. The average molecular weight is 457 g/mol. The number of benzene rings is 1. The van der Waals surface area contributed by atoms with Crippen LogP contribution in [0.3, 0.4) is 0 Å². The van der Waals surface area contributed by atoms with E-state index in [1.807, 2.05) is 25.1 Å². The molecule has 28 heavy (non-hydrogen) atoms. The Kier molecular flexibility index (Phi) is 6.08. The van der Waals surface area contributed by atoms with Crippen molar-refractivity contribution in [1.82, 2.24) is 4.98 Å². The monoisotopic (exact) mass is 456 g/mol. The molecule has 9 heteroatoms. The second kappa shape index (κ2) is 8.55. The molecule has 1 atom stereocenters. The van der Waals surface area contributed by atoms with Crippen LogP contribution >= 0.6 is 45.9 Å². The van der Waals surface area contributed by atoms with Crippen molar-refractivity contribution in [2.75, 3.05) is 24.7 Å². The van der Waals surface area contributed by atoms with Gasteiger partial charge in [0.15, 0.2) is 5.13 Å². The Labute approximate surface area is 180 Å². The maximum atomic E-state index is 13.3. The van der Waals surface area contributed by atoms with Gasteiger partial charge >= 0.3 is 0 Å². The number of thiophene rings is 1. The van der Waals surface area contributed by atoms with Crippen LogP contribution in [0.1, 0.15) is 30.1 Å². The minimum absolute atomic E-state index is 0.0113. The van der Waals surface area contributed by atoms with Crippen molar-refractivity contribution in [2.24, 2.45) is 0 Å². The van der Waals surface area contributed by atoms with Gasteiger partial charge in [0.25, 0.3) is 5.91 Å². The number of nitrogens with zero attached hydrogens (tertiary/aromatic N) is 2. The molecule has 1 aliphatic heterocycles. The van der Waals surface area contributed by atoms with E-state index in [1.54, 1.807) is 11.0 Å². The highest BCUT2D eigenvalue weighted by Gasteiger charge is 2.29. The van der Waals surface area contributed by atoms with Crippen molar-refractivity contribution < 1.29 is 14.3 Å². The average Bonchev–Trinajstić information content (AvgIpc) is 3.39. The van der Waals surface area contributed by atoms with Gasteiger partial charge < -0.3 is 9.47 Å². The van der Waals surface area contributed by atoms with Crippen LogP contribution in [0.2, 0.25) is 8.67 Å². The van der Waals surface area contributed by atoms with E-state index >= 15 is 0 Å². The molecule has 1 aromatic carbocycles. The van der Waals surface area contributed by atoms with Crippen molar-refractivity contribution in [1.29, 1.82) is 0 Å². The number of carbonyl (C=O) groups excluding carboxylic acids is 1. The van der Waals surface area contributed by atoms with E-state index in [2.05, 4.69) is 4.98 Å². The standard InChI is InChI=1S/C19H18Cl2N2O3S2/c1-2-25-11-5-6-14-15(8-11)27-19(22-14)23(10-12-4-3-7-26-12)18(24)13-9-16(20)28-17(13)21/h5-6,8-9,12H,2-4,7,10H2,1H3/t12-/m1/s1. The number of hydrogen-bond donors (Lipinski definition) is 0. The molecule has 0 N–H and O–H groups in total. The highest BCUT2D eigenvalue weighted by molar-refractivity contribution is 7.22. The fourth-order valence-corrected chi connectivity index (χ4v) is 5.59. The SMILES string of the molecule is CCOc1ccc2nc(N(C[C@H]3CCCO3)C(=O)c3cc(Cl)sc3Cl)sc2c1. The molecule has 1 amide bonds. The van der Waals surface area contributed by atoms with Crippen molar-refractivity contribution in [3.8, 4) is 5.75 Å². The molecule has 4 rings (SSSR count). The molecule has 2 aromatic heterocycles. The molecule has 0 radical (unpaired) electrons. The first-order chi connectivity index (χ1) is 13.5. The molecule has 3 aromatic rings. The molecule has 0 spiro atoms. The van der Waals surface area contributed by atoms with E-state index < -0.39 is 0 Å². The third-order valence-electron chi connectivity index (χ3n) is 4.43. The minimum atomic E-state index is -0.215. The van der Waals surface area contributed by atoms with Gasteiger partial charge in [-0.1, -0.05) is 34.5 Å². The van der Waals surface area contributed by atoms with E-state index in [4.69, 9.17) is 32.7 Å². The second-order valence-corrected chi connectivity index (χ2v) is 9.64. The molecule has 0 bridgehead atoms. The first-order valence-electron chi connectivity index (χ1n) is 8.97. The summed E-state index contributed by atoms with van der Waals surface area (Å²) in [5, 5.41) is 0.613. The van der Waals surface area contributed by atoms with Gasteiger partial charge in [0.2, 0.25) is 0 Å². The molecular weight excluding hydrogens is 439 g/mol. The lowest BCUT2D eigenvalue weighted by molar-refractivity contribution is 0.0918. The van der Waals surface area contributed by atoms with E-state index in [0.29, 0.717) is 32.5 Å². The van der Waals surface area contributed by atoms with Crippen molar-refractivity contribution in [2.45, 2.75) is 25.9 Å². The lowest BCUT2D eigenvalue weighted by Gasteiger charge is -2.22. The fourth-order valence-electron chi connectivity index (χ4n) is 3.14. The Hall–Kier alpha value is -1.38. The van der Waals surface area contributed by atoms with Gasteiger partial charge in [-0.2, -0.15) is 0 Å². The summed E-state index contributed by atoms with van der Waals surface area (Å²) in [6, 6.07) is 7.35. The lowest BCUT2D eigenvalue weighted by Crippen LogP contribution is -2.37. The summed E-state index contributed by atoms with van der Waals surface area (Å²) < 4.78 is 13.2. The van der Waals surface area contributed by atoms with Crippen molar-refractivity contribution >= 4 is 67.1 Å². The van der Waals surface area contributed by atoms with E-state index in [0.717, 1.165) is 35.4 Å². The summed E-state index contributed by atoms with van der Waals surface area (Å²) in [6.07, 6.45) is 1.90. The summed E-state index contributed by atoms with van der Waals surface area (Å²) >= 11 is 14.9. The summed E-state index contributed by atoms with van der Waals surface area (Å²) in [5.41, 5.74) is 1.21. The molecule has 3 heterocycles. The Balaban J connectivity index is 1.70. The molecule has 0 unspecified atom stereocenters. The first kappa shape index (κ1) is 19.9. The van der Waals surface area contributed by atoms with E-state index in [9.17, 15) is 4.79 Å². The third kappa shape index (κ3) is 4.14. The van der Waals surface area contributed by atoms with Gasteiger partial charge in [-0.05, 0) is 44.0 Å². The van der Waals surface area contributed by atoms with Crippen LogP contribution in [0, 0.1) is 0 Å². The quantitative estimate of drug-likeness (QED) is 0.463. The van der Waals surface area contributed by atoms with Gasteiger partial charge in [-0.15, -0.1) is 11.3 Å². The van der Waals surface area contributed by atoms with Crippen LogP contribution in [0.25, 0.3) is 10.2 Å². The zero-order valence-electron chi connectivity index (χ0n) is 15.1. The Morgan fingerprint density at radius 1 is 1.36 bits per heavy atom. The summed E-state index contributed by atoms with van der Waals surface area (Å²) in [4.78, 5) is 19.6.